The van der Waals surface area contributed by atoms with Crippen molar-refractivity contribution in [3.8, 4) is 11.3 Å². The molecule has 1 atom stereocenters. The van der Waals surface area contributed by atoms with Crippen LogP contribution in [-0.2, 0) is 11.8 Å². The Balaban J connectivity index is 1.57. The van der Waals surface area contributed by atoms with Crippen molar-refractivity contribution in [2.24, 2.45) is 7.05 Å². The molecule has 2 amide bonds. The van der Waals surface area contributed by atoms with Crippen LogP contribution < -0.4 is 0 Å². The molecule has 1 fully saturated rings. The second-order valence-electron chi connectivity index (χ2n) is 9.36. The van der Waals surface area contributed by atoms with Crippen LogP contribution >= 0.6 is 0 Å². The number of likely N-dealkylation sites (tertiary alicyclic amines) is 1. The van der Waals surface area contributed by atoms with E-state index < -0.39 is 6.04 Å². The number of fused-ring (bicyclic) bond motifs is 2. The molecule has 176 valence electrons. The maximum absolute atomic E-state index is 13.8. The average molecular weight is 468 g/mol. The average Bonchev–Trinajstić information content (AvgIpc) is 3.58. The normalized spacial score (nSPS) is 17.4. The Morgan fingerprint density at radius 2 is 1.63 bits per heavy atom. The standard InChI is InChI=1S/C29H26FN3O2/c1-31-24-11-5-4-10-23(24)26(27(31)19-12-14-20(30)15-13-19)28-21-8-2-3-9-22(21)29(35)33(28)18-25(34)32-16-6-7-17-32/h2-5,8-15,28H,6-7,16-18H2,1H3/t28-/m0/s1. The Kier molecular flexibility index (Phi) is 5.17. The number of benzene rings is 3. The number of amides is 2. The molecule has 6 heteroatoms. The highest BCUT2D eigenvalue weighted by molar-refractivity contribution is 6.03. The Labute approximate surface area is 203 Å². The van der Waals surface area contributed by atoms with Crippen LogP contribution in [0, 0.1) is 5.82 Å². The lowest BCUT2D eigenvalue weighted by atomic mass is 9.93. The first-order valence-electron chi connectivity index (χ1n) is 12.1. The van der Waals surface area contributed by atoms with Gasteiger partial charge in [0.15, 0.2) is 0 Å². The Bertz CT molecular complexity index is 1450. The van der Waals surface area contributed by atoms with Crippen LogP contribution in [0.15, 0.2) is 72.8 Å². The number of carbonyl (C=O) groups is 2. The molecule has 4 aromatic rings. The molecule has 1 saturated heterocycles. The van der Waals surface area contributed by atoms with Crippen molar-refractivity contribution in [1.82, 2.24) is 14.4 Å². The zero-order chi connectivity index (χ0) is 24.1. The summed E-state index contributed by atoms with van der Waals surface area (Å²) in [7, 11) is 1.99. The maximum Gasteiger partial charge on any atom is 0.255 e. The van der Waals surface area contributed by atoms with E-state index in [1.165, 1.54) is 12.1 Å². The van der Waals surface area contributed by atoms with Gasteiger partial charge in [-0.15, -0.1) is 0 Å². The molecule has 0 unspecified atom stereocenters. The minimum Gasteiger partial charge on any atom is -0.343 e. The van der Waals surface area contributed by atoms with Crippen molar-refractivity contribution in [2.75, 3.05) is 19.6 Å². The third-order valence-electron chi connectivity index (χ3n) is 7.36. The molecule has 35 heavy (non-hydrogen) atoms. The van der Waals surface area contributed by atoms with Crippen molar-refractivity contribution in [3.05, 3.63) is 95.3 Å². The summed E-state index contributed by atoms with van der Waals surface area (Å²) >= 11 is 0. The van der Waals surface area contributed by atoms with Crippen LogP contribution in [0.4, 0.5) is 4.39 Å². The third-order valence-corrected chi connectivity index (χ3v) is 7.36. The zero-order valence-corrected chi connectivity index (χ0v) is 19.6. The zero-order valence-electron chi connectivity index (χ0n) is 19.6. The quantitative estimate of drug-likeness (QED) is 0.417. The van der Waals surface area contributed by atoms with Gasteiger partial charge in [0.2, 0.25) is 5.91 Å². The van der Waals surface area contributed by atoms with E-state index in [2.05, 4.69) is 10.6 Å². The summed E-state index contributed by atoms with van der Waals surface area (Å²) in [5.74, 6) is -0.443. The van der Waals surface area contributed by atoms with Crippen molar-refractivity contribution in [1.29, 1.82) is 0 Å². The van der Waals surface area contributed by atoms with Gasteiger partial charge in [0.25, 0.3) is 5.91 Å². The summed E-state index contributed by atoms with van der Waals surface area (Å²) in [6, 6.07) is 21.8. The van der Waals surface area contributed by atoms with E-state index in [0.717, 1.165) is 59.2 Å². The van der Waals surface area contributed by atoms with Gasteiger partial charge < -0.3 is 14.4 Å². The highest BCUT2D eigenvalue weighted by atomic mass is 19.1. The van der Waals surface area contributed by atoms with Gasteiger partial charge in [0, 0.05) is 42.2 Å². The Hall–Kier alpha value is -3.93. The number of hydrogen-bond donors (Lipinski definition) is 0. The van der Waals surface area contributed by atoms with Gasteiger partial charge in [-0.2, -0.15) is 0 Å². The molecule has 0 radical (unpaired) electrons. The van der Waals surface area contributed by atoms with Crippen LogP contribution in [-0.4, -0.2) is 45.8 Å². The molecule has 0 aliphatic carbocycles. The number of halogens is 1. The van der Waals surface area contributed by atoms with Crippen molar-refractivity contribution in [3.63, 3.8) is 0 Å². The molecule has 1 aromatic heterocycles. The number of hydrogen-bond acceptors (Lipinski definition) is 2. The van der Waals surface area contributed by atoms with Crippen molar-refractivity contribution >= 4 is 22.7 Å². The van der Waals surface area contributed by atoms with Crippen molar-refractivity contribution in [2.45, 2.75) is 18.9 Å². The van der Waals surface area contributed by atoms with E-state index in [1.54, 1.807) is 17.0 Å². The lowest BCUT2D eigenvalue weighted by Gasteiger charge is -2.28. The summed E-state index contributed by atoms with van der Waals surface area (Å²) in [5.41, 5.74) is 5.28. The van der Waals surface area contributed by atoms with Gasteiger partial charge in [0.05, 0.1) is 11.7 Å². The van der Waals surface area contributed by atoms with E-state index in [-0.39, 0.29) is 24.2 Å². The van der Waals surface area contributed by atoms with Crippen LogP contribution in [0.25, 0.3) is 22.2 Å². The molecule has 6 rings (SSSR count). The summed E-state index contributed by atoms with van der Waals surface area (Å²) in [6.07, 6.45) is 2.00. The lowest BCUT2D eigenvalue weighted by molar-refractivity contribution is -0.131. The summed E-state index contributed by atoms with van der Waals surface area (Å²) < 4.78 is 15.9. The molecule has 2 aliphatic rings. The summed E-state index contributed by atoms with van der Waals surface area (Å²) in [4.78, 5) is 30.5. The number of rotatable bonds is 4. The highest BCUT2D eigenvalue weighted by Gasteiger charge is 2.42. The van der Waals surface area contributed by atoms with E-state index in [9.17, 15) is 14.0 Å². The fourth-order valence-corrected chi connectivity index (χ4v) is 5.71. The molecule has 3 aromatic carbocycles. The molecule has 0 saturated carbocycles. The van der Waals surface area contributed by atoms with Crippen LogP contribution in [0.1, 0.15) is 40.4 Å². The minimum absolute atomic E-state index is 0.0165. The first-order chi connectivity index (χ1) is 17.0. The molecule has 0 bridgehead atoms. The smallest absolute Gasteiger partial charge is 0.255 e. The molecular weight excluding hydrogens is 441 g/mol. The first kappa shape index (κ1) is 21.6. The maximum atomic E-state index is 13.8. The summed E-state index contributed by atoms with van der Waals surface area (Å²) in [5, 5.41) is 1.02. The minimum atomic E-state index is -0.420. The van der Waals surface area contributed by atoms with Gasteiger partial charge >= 0.3 is 0 Å². The molecule has 0 N–H and O–H groups in total. The first-order valence-corrected chi connectivity index (χ1v) is 12.1. The fraction of sp³-hybridized carbons (Fsp3) is 0.241. The van der Waals surface area contributed by atoms with Gasteiger partial charge in [0.1, 0.15) is 12.4 Å². The Morgan fingerprint density at radius 1 is 0.943 bits per heavy atom. The van der Waals surface area contributed by atoms with Gasteiger partial charge in [-0.3, -0.25) is 9.59 Å². The molecular formula is C29H26FN3O2. The molecule has 5 nitrogen and oxygen atoms in total. The second-order valence-corrected chi connectivity index (χ2v) is 9.36. The number of carbonyl (C=O) groups excluding carboxylic acids is 2. The van der Waals surface area contributed by atoms with Crippen LogP contribution in [0.3, 0.4) is 0 Å². The molecule has 3 heterocycles. The fourth-order valence-electron chi connectivity index (χ4n) is 5.71. The Morgan fingerprint density at radius 3 is 2.40 bits per heavy atom. The second kappa shape index (κ2) is 8.38. The SMILES string of the molecule is Cn1c(-c2ccc(F)cc2)c([C@@H]2c3ccccc3C(=O)N2CC(=O)N2CCCC2)c2ccccc21. The van der Waals surface area contributed by atoms with Crippen LogP contribution in [0.5, 0.6) is 0 Å². The van der Waals surface area contributed by atoms with Crippen molar-refractivity contribution < 1.29 is 14.0 Å². The van der Waals surface area contributed by atoms with Gasteiger partial charge in [-0.25, -0.2) is 4.39 Å². The van der Waals surface area contributed by atoms with E-state index in [1.807, 2.05) is 54.4 Å². The predicted molar refractivity (Wildman–Crippen MR) is 133 cm³/mol. The predicted octanol–water partition coefficient (Wildman–Crippen LogP) is 5.15. The summed E-state index contributed by atoms with van der Waals surface area (Å²) in [6.45, 7) is 1.52. The number of aromatic nitrogens is 1. The third kappa shape index (κ3) is 3.43. The van der Waals surface area contributed by atoms with Crippen LogP contribution in [0.2, 0.25) is 0 Å². The number of aryl methyl sites for hydroxylation is 1. The highest BCUT2D eigenvalue weighted by Crippen LogP contribution is 2.46. The largest absolute Gasteiger partial charge is 0.343 e. The number of para-hydroxylation sites is 1. The monoisotopic (exact) mass is 467 g/mol. The van der Waals surface area contributed by atoms with Gasteiger partial charge in [-0.1, -0.05) is 36.4 Å². The topological polar surface area (TPSA) is 45.6 Å². The molecule has 0 spiro atoms. The van der Waals surface area contributed by atoms with E-state index >= 15 is 0 Å². The number of nitrogens with zero attached hydrogens (tertiary/aromatic N) is 3. The lowest BCUT2D eigenvalue weighted by Crippen LogP contribution is -2.41. The van der Waals surface area contributed by atoms with Gasteiger partial charge in [-0.05, 0) is 60.4 Å². The van der Waals surface area contributed by atoms with E-state index in [0.29, 0.717) is 5.56 Å². The van der Waals surface area contributed by atoms with E-state index in [4.69, 9.17) is 0 Å². The molecule has 2 aliphatic heterocycles.